The highest BCUT2D eigenvalue weighted by Crippen LogP contribution is 2.60. The van der Waals surface area contributed by atoms with Gasteiger partial charge in [-0.15, -0.1) is 0 Å². The molecule has 0 aromatic heterocycles. The fraction of sp³-hybridized carbons (Fsp3) is 0.696. The molecule has 1 spiro atoms. The van der Waals surface area contributed by atoms with Gasteiger partial charge in [0.25, 0.3) is 5.91 Å². The van der Waals surface area contributed by atoms with E-state index in [0.29, 0.717) is 18.8 Å². The summed E-state index contributed by atoms with van der Waals surface area (Å²) in [5.74, 6) is 0.975. The number of carbonyl (C=O) groups is 2. The average Bonchev–Trinajstić information content (AvgIpc) is 3.18. The van der Waals surface area contributed by atoms with Crippen LogP contribution in [0.3, 0.4) is 0 Å². The fourth-order valence-electron chi connectivity index (χ4n) is 6.72. The highest BCUT2D eigenvalue weighted by molar-refractivity contribution is 5.89. The summed E-state index contributed by atoms with van der Waals surface area (Å²) < 4.78 is 12.2. The standard InChI is InChI=1S/C23H31N3O6/c1-14-4-5-18-22(12-14)6-8-24-13-15-10-16(11-17(32-18)19(15)22)26(21(28)29)23(30-2)7-9-25(31-3)20(23)27/h8,13-14,16,18H,4-7,9-12H2,1-3H3,(H,28,29)/t14?,16-,18-,22?,23-/m1/s1. The fourth-order valence-corrected chi connectivity index (χ4v) is 6.72. The Hall–Kier alpha value is -2.39. The number of rotatable bonds is 4. The number of aliphatic imine (C=N–C) groups is 1. The van der Waals surface area contributed by atoms with Gasteiger partial charge >= 0.3 is 6.09 Å². The van der Waals surface area contributed by atoms with Gasteiger partial charge in [-0.1, -0.05) is 6.92 Å². The number of methoxy groups -OCH3 is 1. The first-order valence-corrected chi connectivity index (χ1v) is 11.4. The normalized spacial score (nSPS) is 38.1. The summed E-state index contributed by atoms with van der Waals surface area (Å²) in [6.07, 6.45) is 7.86. The largest absolute Gasteiger partial charge is 0.493 e. The van der Waals surface area contributed by atoms with Crippen LogP contribution in [0.2, 0.25) is 0 Å². The minimum Gasteiger partial charge on any atom is -0.493 e. The summed E-state index contributed by atoms with van der Waals surface area (Å²) in [4.78, 5) is 36.5. The minimum absolute atomic E-state index is 0.0766. The van der Waals surface area contributed by atoms with E-state index < -0.39 is 23.8 Å². The molecule has 1 saturated carbocycles. The van der Waals surface area contributed by atoms with Gasteiger partial charge in [0, 0.05) is 49.4 Å². The van der Waals surface area contributed by atoms with E-state index in [4.69, 9.17) is 14.3 Å². The molecule has 2 fully saturated rings. The molecule has 2 aliphatic carbocycles. The second-order valence-electron chi connectivity index (χ2n) is 9.68. The van der Waals surface area contributed by atoms with E-state index in [1.165, 1.54) is 29.8 Å². The topological polar surface area (TPSA) is 101 Å². The lowest BCUT2D eigenvalue weighted by Crippen LogP contribution is -2.61. The molecule has 1 N–H and O–H groups in total. The van der Waals surface area contributed by atoms with Crippen LogP contribution in [0, 0.1) is 11.3 Å². The number of nitrogens with zero attached hydrogens (tertiary/aromatic N) is 3. The van der Waals surface area contributed by atoms with Crippen molar-refractivity contribution in [3.8, 4) is 0 Å². The summed E-state index contributed by atoms with van der Waals surface area (Å²) in [5.41, 5.74) is 0.563. The Morgan fingerprint density at radius 3 is 2.84 bits per heavy atom. The Kier molecular flexibility index (Phi) is 5.09. The second kappa shape index (κ2) is 7.59. The van der Waals surface area contributed by atoms with Crippen molar-refractivity contribution >= 4 is 18.2 Å². The third-order valence-corrected chi connectivity index (χ3v) is 8.03. The zero-order valence-electron chi connectivity index (χ0n) is 18.9. The third kappa shape index (κ3) is 2.86. The smallest absolute Gasteiger partial charge is 0.410 e. The molecular formula is C23H31N3O6. The lowest BCUT2D eigenvalue weighted by atomic mass is 9.61. The molecule has 9 heteroatoms. The molecule has 0 bridgehead atoms. The van der Waals surface area contributed by atoms with Gasteiger partial charge in [-0.2, -0.15) is 0 Å². The number of hydrogen-bond acceptors (Lipinski definition) is 6. The quantitative estimate of drug-likeness (QED) is 0.668. The van der Waals surface area contributed by atoms with Gasteiger partial charge < -0.3 is 14.6 Å². The molecule has 5 atom stereocenters. The first-order chi connectivity index (χ1) is 15.4. The maximum atomic E-state index is 13.1. The molecule has 0 aromatic carbocycles. The van der Waals surface area contributed by atoms with Crippen molar-refractivity contribution in [2.45, 2.75) is 69.7 Å². The number of carbonyl (C=O) groups excluding carboxylic acids is 1. The predicted molar refractivity (Wildman–Crippen MR) is 115 cm³/mol. The highest BCUT2D eigenvalue weighted by Gasteiger charge is 2.60. The molecule has 1 saturated heterocycles. The molecule has 3 heterocycles. The van der Waals surface area contributed by atoms with Gasteiger partial charge in [-0.3, -0.25) is 19.5 Å². The molecule has 174 valence electrons. The number of ether oxygens (including phenoxy) is 2. The van der Waals surface area contributed by atoms with E-state index in [1.54, 1.807) is 0 Å². The van der Waals surface area contributed by atoms with E-state index >= 15 is 0 Å². The number of carboxylic acid groups (broad SMARTS) is 1. The van der Waals surface area contributed by atoms with E-state index in [-0.39, 0.29) is 24.5 Å². The first-order valence-electron chi connectivity index (χ1n) is 11.4. The van der Waals surface area contributed by atoms with Crippen LogP contribution in [0.15, 0.2) is 28.1 Å². The van der Waals surface area contributed by atoms with E-state index in [1.807, 2.05) is 12.4 Å². The van der Waals surface area contributed by atoms with Crippen LogP contribution in [0.4, 0.5) is 4.79 Å². The van der Waals surface area contributed by atoms with Crippen molar-refractivity contribution in [3.63, 3.8) is 0 Å². The molecule has 9 nitrogen and oxygen atoms in total. The molecule has 0 aromatic rings. The van der Waals surface area contributed by atoms with Gasteiger partial charge in [0.1, 0.15) is 11.9 Å². The Bertz CT molecular complexity index is 929. The van der Waals surface area contributed by atoms with Gasteiger partial charge in [0.05, 0.1) is 13.7 Å². The summed E-state index contributed by atoms with van der Waals surface area (Å²) in [7, 11) is 2.78. The summed E-state index contributed by atoms with van der Waals surface area (Å²) in [5, 5.41) is 11.4. The van der Waals surface area contributed by atoms with Crippen LogP contribution in [-0.2, 0) is 19.1 Å². The van der Waals surface area contributed by atoms with Crippen molar-refractivity contribution in [2.24, 2.45) is 16.3 Å². The van der Waals surface area contributed by atoms with Gasteiger partial charge in [0.2, 0.25) is 5.72 Å². The van der Waals surface area contributed by atoms with E-state index in [0.717, 1.165) is 37.0 Å². The lowest BCUT2D eigenvalue weighted by molar-refractivity contribution is -0.195. The SMILES string of the molecule is CON1CC[C@](OC)(N(C(=O)O)[C@@H]2CC3=CN=CCC45CC(C)CC[C@H]4OC(=C35)C2)C1=O. The van der Waals surface area contributed by atoms with Crippen LogP contribution in [-0.4, -0.2) is 71.9 Å². The Morgan fingerprint density at radius 1 is 1.34 bits per heavy atom. The second-order valence-corrected chi connectivity index (χ2v) is 9.68. The summed E-state index contributed by atoms with van der Waals surface area (Å²) in [6, 6.07) is -0.499. The van der Waals surface area contributed by atoms with Crippen molar-refractivity contribution in [2.75, 3.05) is 20.8 Å². The van der Waals surface area contributed by atoms with Gasteiger partial charge in [0.15, 0.2) is 0 Å². The van der Waals surface area contributed by atoms with E-state index in [9.17, 15) is 14.7 Å². The van der Waals surface area contributed by atoms with Crippen molar-refractivity contribution in [3.05, 3.63) is 23.1 Å². The Balaban J connectivity index is 1.54. The molecule has 2 amide bonds. The summed E-state index contributed by atoms with van der Waals surface area (Å²) >= 11 is 0. The van der Waals surface area contributed by atoms with Crippen LogP contribution in [0.1, 0.15) is 51.9 Å². The molecule has 2 unspecified atom stereocenters. The first kappa shape index (κ1) is 21.5. The Morgan fingerprint density at radius 2 is 2.16 bits per heavy atom. The molecular weight excluding hydrogens is 414 g/mol. The van der Waals surface area contributed by atoms with Crippen LogP contribution in [0.5, 0.6) is 0 Å². The number of amides is 2. The van der Waals surface area contributed by atoms with Crippen LogP contribution in [0.25, 0.3) is 0 Å². The maximum Gasteiger partial charge on any atom is 0.410 e. The molecule has 3 aliphatic heterocycles. The molecule has 0 radical (unpaired) electrons. The van der Waals surface area contributed by atoms with Crippen LogP contribution >= 0.6 is 0 Å². The van der Waals surface area contributed by atoms with Crippen LogP contribution < -0.4 is 0 Å². The zero-order chi connectivity index (χ0) is 22.7. The molecule has 32 heavy (non-hydrogen) atoms. The van der Waals surface area contributed by atoms with Crippen molar-refractivity contribution in [1.29, 1.82) is 0 Å². The zero-order valence-corrected chi connectivity index (χ0v) is 18.9. The third-order valence-electron chi connectivity index (χ3n) is 8.03. The van der Waals surface area contributed by atoms with Crippen molar-refractivity contribution < 1.29 is 29.0 Å². The number of hydroxylamine groups is 2. The average molecular weight is 446 g/mol. The highest BCUT2D eigenvalue weighted by atomic mass is 16.7. The Labute approximate surface area is 187 Å². The van der Waals surface area contributed by atoms with Gasteiger partial charge in [-0.25, -0.2) is 9.86 Å². The molecule has 5 rings (SSSR count). The predicted octanol–water partition coefficient (Wildman–Crippen LogP) is 3.08. The molecule has 5 aliphatic rings. The maximum absolute atomic E-state index is 13.1. The van der Waals surface area contributed by atoms with E-state index in [2.05, 4.69) is 11.9 Å². The summed E-state index contributed by atoms with van der Waals surface area (Å²) in [6.45, 7) is 2.56. The van der Waals surface area contributed by atoms with Crippen molar-refractivity contribution in [1.82, 2.24) is 9.96 Å². The minimum atomic E-state index is -1.61. The number of hydrogen-bond donors (Lipinski definition) is 1. The lowest BCUT2D eigenvalue weighted by Gasteiger charge is -2.44. The van der Waals surface area contributed by atoms with Gasteiger partial charge in [-0.05, 0) is 43.6 Å². The monoisotopic (exact) mass is 445 g/mol.